The molecule has 2 rings (SSSR count). The molecule has 0 aliphatic carbocycles. The van der Waals surface area contributed by atoms with Crippen molar-refractivity contribution in [2.45, 2.75) is 11.0 Å². The number of methoxy groups -OCH3 is 2. The van der Waals surface area contributed by atoms with Crippen molar-refractivity contribution in [1.82, 2.24) is 9.97 Å². The fraction of sp³-hybridized carbons (Fsp3) is 0.308. The maximum Gasteiger partial charge on any atom is 0.266 e. The molecule has 2 aromatic heterocycles. The van der Waals surface area contributed by atoms with E-state index in [4.69, 9.17) is 15.2 Å². The molecule has 0 saturated heterocycles. The summed E-state index contributed by atoms with van der Waals surface area (Å²) < 4.78 is 50.2. The number of sulfonamides is 1. The van der Waals surface area contributed by atoms with Gasteiger partial charge in [-0.25, -0.2) is 17.5 Å². The molecule has 0 bridgehead atoms. The summed E-state index contributed by atoms with van der Waals surface area (Å²) in [6.07, 6.45) is -1.74. The predicted molar refractivity (Wildman–Crippen MR) is 89.7 cm³/mol. The van der Waals surface area contributed by atoms with Crippen molar-refractivity contribution >= 4 is 33.2 Å². The lowest BCUT2D eigenvalue weighted by Crippen LogP contribution is -2.22. The Balaban J connectivity index is 2.55. The summed E-state index contributed by atoms with van der Waals surface area (Å²) in [6.45, 7) is -1.25. The average Bonchev–Trinajstić information content (AvgIpc) is 3.06. The Morgan fingerprint density at radius 3 is 2.42 bits per heavy atom. The van der Waals surface area contributed by atoms with Gasteiger partial charge in [-0.05, 0) is 0 Å². The van der Waals surface area contributed by atoms with E-state index in [2.05, 4.69) is 9.97 Å². The molecule has 2 heterocycles. The first-order valence-corrected chi connectivity index (χ1v) is 9.24. The maximum absolute atomic E-state index is 12.8. The Labute approximate surface area is 151 Å². The van der Waals surface area contributed by atoms with Crippen LogP contribution in [-0.4, -0.2) is 50.3 Å². The smallest absolute Gasteiger partial charge is 0.266 e. The zero-order valence-electron chi connectivity index (χ0n) is 13.6. The molecule has 13 heteroatoms. The molecular weight excluding hydrogens is 391 g/mol. The average molecular weight is 406 g/mol. The van der Waals surface area contributed by atoms with E-state index < -0.39 is 39.6 Å². The van der Waals surface area contributed by atoms with Crippen LogP contribution in [0.15, 0.2) is 16.3 Å². The Bertz CT molecular complexity index is 895. The number of anilines is 1. The number of rotatable bonds is 8. The van der Waals surface area contributed by atoms with Gasteiger partial charge in [-0.1, -0.05) is 0 Å². The quantitative estimate of drug-likeness (QED) is 0.571. The van der Waals surface area contributed by atoms with Crippen LogP contribution in [0, 0.1) is 0 Å². The first kappa shape index (κ1) is 19.8. The van der Waals surface area contributed by atoms with Crippen LogP contribution in [0.4, 0.5) is 10.3 Å². The second-order valence-electron chi connectivity index (χ2n) is 4.76. The molecule has 1 unspecified atom stereocenters. The summed E-state index contributed by atoms with van der Waals surface area (Å²) in [5.74, 6) is -1.44. The van der Waals surface area contributed by atoms with Gasteiger partial charge in [-0.15, -0.1) is 11.3 Å². The molecular formula is C13H15FN4O6S2. The number of nitrogens with zero attached hydrogens (tertiary/aromatic N) is 2. The molecule has 4 N–H and O–H groups in total. The number of nitrogens with one attached hydrogen (secondary N) is 1. The molecule has 0 aliphatic heterocycles. The Kier molecular flexibility index (Phi) is 5.94. The zero-order chi connectivity index (χ0) is 19.5. The summed E-state index contributed by atoms with van der Waals surface area (Å²) in [4.78, 5) is 18.3. The highest BCUT2D eigenvalue weighted by Crippen LogP contribution is 2.33. The van der Waals surface area contributed by atoms with E-state index in [-0.39, 0.29) is 22.2 Å². The SMILES string of the molecule is COc1cc(OC)nc(NS(=O)(=O)c2c(C(N)=O)csc2C(O)CF)n1. The zero-order valence-corrected chi connectivity index (χ0v) is 15.2. The van der Waals surface area contributed by atoms with Crippen molar-refractivity contribution in [3.8, 4) is 11.8 Å². The number of aliphatic hydroxyl groups excluding tert-OH is 1. The van der Waals surface area contributed by atoms with Crippen LogP contribution in [-0.2, 0) is 10.0 Å². The van der Waals surface area contributed by atoms with Gasteiger partial charge in [0.2, 0.25) is 17.7 Å². The topological polar surface area (TPSA) is 154 Å². The number of hydrogen-bond donors (Lipinski definition) is 3. The molecule has 10 nitrogen and oxygen atoms in total. The molecule has 0 spiro atoms. The summed E-state index contributed by atoms with van der Waals surface area (Å²) in [5, 5.41) is 10.8. The van der Waals surface area contributed by atoms with Gasteiger partial charge >= 0.3 is 0 Å². The van der Waals surface area contributed by atoms with E-state index in [0.29, 0.717) is 11.3 Å². The van der Waals surface area contributed by atoms with Gasteiger partial charge in [0.15, 0.2) is 0 Å². The molecule has 142 valence electrons. The van der Waals surface area contributed by atoms with Gasteiger partial charge in [0.1, 0.15) is 17.7 Å². The lowest BCUT2D eigenvalue weighted by atomic mass is 10.2. The number of ether oxygens (including phenoxy) is 2. The van der Waals surface area contributed by atoms with E-state index >= 15 is 0 Å². The lowest BCUT2D eigenvalue weighted by molar-refractivity contribution is 0.0996. The molecule has 0 saturated carbocycles. The molecule has 26 heavy (non-hydrogen) atoms. The first-order chi connectivity index (χ1) is 12.2. The molecule has 0 aromatic carbocycles. The minimum Gasteiger partial charge on any atom is -0.481 e. The molecule has 1 atom stereocenters. The standard InChI is InChI=1S/C13H15FN4O6S2/c1-23-8-3-9(24-2)17-13(16-8)18-26(21,22)11-6(12(15)20)5-25-10(11)7(19)4-14/h3,5,7,19H,4H2,1-2H3,(H2,15,20)(H,16,17,18). The summed E-state index contributed by atoms with van der Waals surface area (Å²) >= 11 is 0.690. The molecule has 2 aromatic rings. The highest BCUT2D eigenvalue weighted by molar-refractivity contribution is 7.93. The third kappa shape index (κ3) is 4.00. The first-order valence-electron chi connectivity index (χ1n) is 6.88. The van der Waals surface area contributed by atoms with Gasteiger partial charge in [-0.2, -0.15) is 9.97 Å². The highest BCUT2D eigenvalue weighted by Gasteiger charge is 2.31. The second kappa shape index (κ2) is 7.80. The van der Waals surface area contributed by atoms with Crippen molar-refractivity contribution in [3.05, 3.63) is 21.9 Å². The largest absolute Gasteiger partial charge is 0.481 e. The monoisotopic (exact) mass is 406 g/mol. The van der Waals surface area contributed by atoms with Crippen LogP contribution in [0.25, 0.3) is 0 Å². The second-order valence-corrected chi connectivity index (χ2v) is 7.29. The number of aliphatic hydroxyl groups is 1. The van der Waals surface area contributed by atoms with E-state index in [9.17, 15) is 22.7 Å². The third-order valence-electron chi connectivity index (χ3n) is 3.08. The number of carbonyl (C=O) groups excluding carboxylic acids is 1. The van der Waals surface area contributed by atoms with Crippen molar-refractivity contribution in [1.29, 1.82) is 0 Å². The number of thiophene rings is 1. The number of alkyl halides is 1. The molecule has 0 aliphatic rings. The Morgan fingerprint density at radius 2 is 1.96 bits per heavy atom. The van der Waals surface area contributed by atoms with Gasteiger partial charge in [0.05, 0.1) is 30.7 Å². The summed E-state index contributed by atoms with van der Waals surface area (Å²) in [5.41, 5.74) is 4.79. The van der Waals surface area contributed by atoms with Crippen LogP contribution in [0.5, 0.6) is 11.8 Å². The number of carbonyl (C=O) groups is 1. The van der Waals surface area contributed by atoms with Gasteiger partial charge < -0.3 is 20.3 Å². The number of aromatic nitrogens is 2. The van der Waals surface area contributed by atoms with Crippen LogP contribution in [0.2, 0.25) is 0 Å². The highest BCUT2D eigenvalue weighted by atomic mass is 32.2. The summed E-state index contributed by atoms with van der Waals surface area (Å²) in [7, 11) is -1.87. The summed E-state index contributed by atoms with van der Waals surface area (Å²) in [6, 6.07) is 1.31. The number of nitrogens with two attached hydrogens (primary N) is 1. The van der Waals surface area contributed by atoms with E-state index in [1.807, 2.05) is 4.72 Å². The number of amides is 1. The predicted octanol–water partition coefficient (Wildman–Crippen LogP) is 0.458. The number of hydrogen-bond acceptors (Lipinski definition) is 9. The normalized spacial score (nSPS) is 12.5. The molecule has 1 amide bonds. The fourth-order valence-corrected chi connectivity index (χ4v) is 4.69. The van der Waals surface area contributed by atoms with Crippen LogP contribution in [0.1, 0.15) is 21.3 Å². The maximum atomic E-state index is 12.8. The molecule has 0 radical (unpaired) electrons. The van der Waals surface area contributed by atoms with Crippen LogP contribution in [0.3, 0.4) is 0 Å². The van der Waals surface area contributed by atoms with Gasteiger partial charge in [-0.3, -0.25) is 4.79 Å². The van der Waals surface area contributed by atoms with Crippen LogP contribution < -0.4 is 19.9 Å². The fourth-order valence-electron chi connectivity index (χ4n) is 1.94. The van der Waals surface area contributed by atoms with Crippen molar-refractivity contribution < 1.29 is 32.2 Å². The van der Waals surface area contributed by atoms with Crippen molar-refractivity contribution in [2.24, 2.45) is 5.73 Å². The number of halogens is 1. The van der Waals surface area contributed by atoms with Crippen molar-refractivity contribution in [3.63, 3.8) is 0 Å². The van der Waals surface area contributed by atoms with Crippen LogP contribution >= 0.6 is 11.3 Å². The lowest BCUT2D eigenvalue weighted by Gasteiger charge is -2.12. The third-order valence-corrected chi connectivity index (χ3v) is 5.72. The van der Waals surface area contributed by atoms with E-state index in [1.54, 1.807) is 0 Å². The van der Waals surface area contributed by atoms with E-state index in [1.165, 1.54) is 20.3 Å². The van der Waals surface area contributed by atoms with Crippen molar-refractivity contribution in [2.75, 3.05) is 25.6 Å². The van der Waals surface area contributed by atoms with Gasteiger partial charge in [0, 0.05) is 5.38 Å². The molecule has 0 fully saturated rings. The van der Waals surface area contributed by atoms with E-state index in [0.717, 1.165) is 5.38 Å². The number of primary amides is 1. The minimum absolute atomic E-state index is 0.0130. The minimum atomic E-state index is -4.48. The van der Waals surface area contributed by atoms with Gasteiger partial charge in [0.25, 0.3) is 15.9 Å². The Hall–Kier alpha value is -2.51. The Morgan fingerprint density at radius 1 is 1.38 bits per heavy atom.